The van der Waals surface area contributed by atoms with Crippen LogP contribution in [-0.2, 0) is 27.2 Å². The first-order chi connectivity index (χ1) is 29.0. The first-order valence-electron chi connectivity index (χ1n) is 20.7. The number of likely N-dealkylation sites (tertiary alicyclic amines) is 1. The number of aromatic nitrogens is 1. The molecule has 1 aliphatic rings. The van der Waals surface area contributed by atoms with Crippen molar-refractivity contribution in [2.24, 2.45) is 0 Å². The minimum Gasteiger partial charge on any atom is -0.506 e. The third-order valence-corrected chi connectivity index (χ3v) is 10.9. The normalized spacial score (nSPS) is 14.3. The molecular formula is C47H56N6O7. The van der Waals surface area contributed by atoms with Crippen molar-refractivity contribution in [1.82, 2.24) is 25.4 Å². The van der Waals surface area contributed by atoms with Crippen molar-refractivity contribution < 1.29 is 29.3 Å². The summed E-state index contributed by atoms with van der Waals surface area (Å²) >= 11 is 0. The van der Waals surface area contributed by atoms with Gasteiger partial charge in [-0.2, -0.15) is 0 Å². The molecule has 4 aromatic carbocycles. The number of H-pyrrole nitrogens is 1. The number of carbonyl (C=O) groups excluding carboxylic acids is 3. The third-order valence-electron chi connectivity index (χ3n) is 10.9. The van der Waals surface area contributed by atoms with Gasteiger partial charge in [-0.3, -0.25) is 19.7 Å². The molecular weight excluding hydrogens is 761 g/mol. The number of benzene rings is 4. The number of phenols is 1. The molecule has 0 aliphatic carbocycles. The van der Waals surface area contributed by atoms with Gasteiger partial charge in [-0.15, -0.1) is 0 Å². The summed E-state index contributed by atoms with van der Waals surface area (Å²) in [4.78, 5) is 56.7. The van der Waals surface area contributed by atoms with Crippen LogP contribution in [0, 0.1) is 0 Å². The third kappa shape index (κ3) is 12.5. The lowest BCUT2D eigenvalue weighted by atomic mass is 10.0. The zero-order valence-corrected chi connectivity index (χ0v) is 34.4. The number of aliphatic hydroxyl groups is 1. The van der Waals surface area contributed by atoms with E-state index in [1.54, 1.807) is 24.1 Å². The Morgan fingerprint density at radius 2 is 1.68 bits per heavy atom. The number of nitrogens with zero attached hydrogens (tertiary/aromatic N) is 2. The van der Waals surface area contributed by atoms with Crippen LogP contribution in [0.3, 0.4) is 0 Å². The number of aliphatic hydroxyl groups excluding tert-OH is 1. The standard InChI is InChI=1S/C47H56N6O7/c1-32(49-31-42(55)38-16-18-41(54)46-39(38)17-19-43(56)51-46)28-33-10-8-11-34(29-33)30-44(57)48-23-9-24-52(2)45(58)22-27-53-25-20-36(21-26-53)60-47(59)50-40-15-7-6-14-37(40)35-12-4-3-5-13-35/h3-8,10-19,29,32,36,42,49,54-55H,9,20-28,30-31H2,1-2H3,(H,48,57)(H,50,59)(H,51,56)/t32-,42-/m0/s1. The quantitative estimate of drug-likeness (QED) is 0.0601. The Labute approximate surface area is 350 Å². The van der Waals surface area contributed by atoms with Gasteiger partial charge in [0.15, 0.2) is 0 Å². The second-order valence-corrected chi connectivity index (χ2v) is 15.6. The van der Waals surface area contributed by atoms with Gasteiger partial charge in [0, 0.05) is 75.8 Å². The number of para-hydroxylation sites is 1. The van der Waals surface area contributed by atoms with E-state index >= 15 is 0 Å². The second-order valence-electron chi connectivity index (χ2n) is 15.6. The number of nitrogens with one attached hydrogen (secondary N) is 4. The highest BCUT2D eigenvalue weighted by molar-refractivity contribution is 5.91. The lowest BCUT2D eigenvalue weighted by molar-refractivity contribution is -0.130. The van der Waals surface area contributed by atoms with Gasteiger partial charge in [0.25, 0.3) is 0 Å². The smallest absolute Gasteiger partial charge is 0.411 e. The van der Waals surface area contributed by atoms with E-state index in [2.05, 4.69) is 25.8 Å². The van der Waals surface area contributed by atoms with E-state index in [0.29, 0.717) is 73.9 Å². The number of piperidine rings is 1. The van der Waals surface area contributed by atoms with Crippen LogP contribution in [0.5, 0.6) is 5.75 Å². The lowest BCUT2D eigenvalue weighted by Gasteiger charge is -2.31. The number of hydrogen-bond acceptors (Lipinski definition) is 9. The molecule has 1 saturated heterocycles. The molecule has 6 N–H and O–H groups in total. The van der Waals surface area contributed by atoms with Crippen LogP contribution in [0.4, 0.5) is 10.5 Å². The first-order valence-corrected chi connectivity index (χ1v) is 20.7. The largest absolute Gasteiger partial charge is 0.506 e. The van der Waals surface area contributed by atoms with Crippen LogP contribution in [0.25, 0.3) is 22.0 Å². The minimum atomic E-state index is -0.858. The average molecular weight is 817 g/mol. The summed E-state index contributed by atoms with van der Waals surface area (Å²) in [7, 11) is 1.79. The number of hydrogen-bond donors (Lipinski definition) is 6. The Morgan fingerprint density at radius 3 is 2.48 bits per heavy atom. The maximum absolute atomic E-state index is 12.9. The molecule has 13 nitrogen and oxygen atoms in total. The summed E-state index contributed by atoms with van der Waals surface area (Å²) in [5, 5.41) is 30.9. The molecule has 2 heterocycles. The van der Waals surface area contributed by atoms with Gasteiger partial charge in [0.05, 0.1) is 23.7 Å². The number of carbonyl (C=O) groups is 3. The van der Waals surface area contributed by atoms with Gasteiger partial charge in [0.2, 0.25) is 17.4 Å². The molecule has 60 heavy (non-hydrogen) atoms. The number of phenolic OH excluding ortho intramolecular Hbond substituents is 1. The highest BCUT2D eigenvalue weighted by atomic mass is 16.6. The number of ether oxygens (including phenoxy) is 1. The van der Waals surface area contributed by atoms with Crippen molar-refractivity contribution in [2.75, 3.05) is 51.6 Å². The molecule has 0 spiro atoms. The molecule has 0 saturated carbocycles. The van der Waals surface area contributed by atoms with Gasteiger partial charge in [-0.05, 0) is 73.1 Å². The predicted octanol–water partition coefficient (Wildman–Crippen LogP) is 5.77. The first kappa shape index (κ1) is 43.6. The number of amides is 3. The van der Waals surface area contributed by atoms with Crippen molar-refractivity contribution in [3.05, 3.63) is 130 Å². The maximum atomic E-state index is 12.9. The van der Waals surface area contributed by atoms with Crippen LogP contribution in [0.2, 0.25) is 0 Å². The Balaban J connectivity index is 0.832. The topological polar surface area (TPSA) is 176 Å². The summed E-state index contributed by atoms with van der Waals surface area (Å²) < 4.78 is 5.76. The average Bonchev–Trinajstić information content (AvgIpc) is 3.24. The number of anilines is 1. The molecule has 1 aliphatic heterocycles. The Bertz CT molecular complexity index is 2270. The number of aromatic hydroxyl groups is 1. The SMILES string of the molecule is C[C@@H](Cc1cccc(CC(=O)NCCCN(C)C(=O)CCN2CCC(OC(=O)Nc3ccccc3-c3ccccc3)CC2)c1)NC[C@H](O)c1ccc(O)c2[nH]c(=O)ccc12. The number of rotatable bonds is 18. The molecule has 316 valence electrons. The molecule has 2 atom stereocenters. The van der Waals surface area contributed by atoms with E-state index < -0.39 is 12.2 Å². The van der Waals surface area contributed by atoms with E-state index in [9.17, 15) is 29.4 Å². The van der Waals surface area contributed by atoms with E-state index in [1.165, 1.54) is 12.1 Å². The van der Waals surface area contributed by atoms with Crippen molar-refractivity contribution in [3.63, 3.8) is 0 Å². The Morgan fingerprint density at radius 1 is 0.933 bits per heavy atom. The summed E-state index contributed by atoms with van der Waals surface area (Å²) in [6, 6.07) is 31.6. The fourth-order valence-electron chi connectivity index (χ4n) is 7.63. The molecule has 0 unspecified atom stereocenters. The van der Waals surface area contributed by atoms with Gasteiger partial charge in [-0.1, -0.05) is 78.9 Å². The molecule has 6 rings (SSSR count). The molecule has 0 bridgehead atoms. The lowest BCUT2D eigenvalue weighted by Crippen LogP contribution is -2.40. The van der Waals surface area contributed by atoms with Crippen LogP contribution in [0.15, 0.2) is 108 Å². The number of fused-ring (bicyclic) bond motifs is 1. The van der Waals surface area contributed by atoms with Crippen LogP contribution in [0.1, 0.15) is 55.4 Å². The highest BCUT2D eigenvalue weighted by Crippen LogP contribution is 2.29. The molecule has 3 amide bonds. The molecule has 1 fully saturated rings. The number of aromatic amines is 1. The van der Waals surface area contributed by atoms with Crippen molar-refractivity contribution in [1.29, 1.82) is 0 Å². The maximum Gasteiger partial charge on any atom is 0.411 e. The van der Waals surface area contributed by atoms with E-state index in [0.717, 1.165) is 35.3 Å². The van der Waals surface area contributed by atoms with Crippen LogP contribution in [-0.4, -0.2) is 101 Å². The zero-order valence-electron chi connectivity index (χ0n) is 34.4. The van der Waals surface area contributed by atoms with E-state index in [4.69, 9.17) is 4.74 Å². The fraction of sp³-hybridized carbons (Fsp3) is 0.362. The van der Waals surface area contributed by atoms with Crippen LogP contribution < -0.4 is 21.5 Å². The monoisotopic (exact) mass is 816 g/mol. The fourth-order valence-corrected chi connectivity index (χ4v) is 7.63. The molecule has 1 aromatic heterocycles. The zero-order chi connectivity index (χ0) is 42.4. The van der Waals surface area contributed by atoms with Gasteiger partial charge >= 0.3 is 6.09 Å². The highest BCUT2D eigenvalue weighted by Gasteiger charge is 2.24. The Hall–Kier alpha value is -6.02. The van der Waals surface area contributed by atoms with Gasteiger partial charge in [-0.25, -0.2) is 4.79 Å². The second kappa shape index (κ2) is 21.3. The van der Waals surface area contributed by atoms with Crippen molar-refractivity contribution in [3.8, 4) is 16.9 Å². The summed E-state index contributed by atoms with van der Waals surface area (Å²) in [5.41, 5.74) is 5.18. The van der Waals surface area contributed by atoms with E-state index in [-0.39, 0.29) is 48.2 Å². The van der Waals surface area contributed by atoms with Crippen molar-refractivity contribution in [2.45, 2.75) is 63.7 Å². The Kier molecular flexibility index (Phi) is 15.5. The molecule has 5 aromatic rings. The van der Waals surface area contributed by atoms with Gasteiger partial charge < -0.3 is 40.4 Å². The summed E-state index contributed by atoms with van der Waals surface area (Å²) in [6.45, 7) is 5.43. The molecule has 13 heteroatoms. The number of pyridine rings is 1. The van der Waals surface area contributed by atoms with Gasteiger partial charge in [0.1, 0.15) is 11.9 Å². The predicted molar refractivity (Wildman–Crippen MR) is 234 cm³/mol. The summed E-state index contributed by atoms with van der Waals surface area (Å²) in [5.74, 6) is -0.0828. The minimum absolute atomic E-state index is 0.0218. The van der Waals surface area contributed by atoms with Crippen molar-refractivity contribution >= 4 is 34.5 Å². The van der Waals surface area contributed by atoms with E-state index in [1.807, 2.05) is 85.8 Å². The van der Waals surface area contributed by atoms with Crippen LogP contribution >= 0.6 is 0 Å². The summed E-state index contributed by atoms with van der Waals surface area (Å²) in [6.07, 6.45) is 1.87. The molecule has 0 radical (unpaired) electrons.